The van der Waals surface area contributed by atoms with Crippen LogP contribution in [-0.2, 0) is 19.1 Å². The predicted octanol–water partition coefficient (Wildman–Crippen LogP) is 3.74. The molecule has 0 heterocycles. The molecule has 0 bridgehead atoms. The Morgan fingerprint density at radius 1 is 1.22 bits per heavy atom. The molecule has 0 aromatic carbocycles. The molecule has 0 aromatic heterocycles. The molecule has 1 unspecified atom stereocenters. The molecule has 8 heteroatoms. The van der Waals surface area contributed by atoms with Crippen molar-refractivity contribution in [1.82, 2.24) is 0 Å². The summed E-state index contributed by atoms with van der Waals surface area (Å²) in [5.41, 5.74) is -4.01. The lowest BCUT2D eigenvalue weighted by Gasteiger charge is -2.60. The Morgan fingerprint density at radius 3 is 2.62 bits per heavy atom. The minimum Gasteiger partial charge on any atom is -0.479 e. The van der Waals surface area contributed by atoms with Gasteiger partial charge in [-0.25, -0.2) is 14.0 Å². The molecule has 0 aliphatic heterocycles. The molecule has 3 saturated carbocycles. The molecule has 2 N–H and O–H groups in total. The van der Waals surface area contributed by atoms with Crippen LogP contribution in [0, 0.1) is 22.7 Å². The number of aliphatic hydroxyl groups is 1. The highest BCUT2D eigenvalue weighted by molar-refractivity contribution is 6.01. The van der Waals surface area contributed by atoms with Gasteiger partial charge >= 0.3 is 12.1 Å². The average Bonchev–Trinajstić information content (AvgIpc) is 3.04. The van der Waals surface area contributed by atoms with Crippen LogP contribution in [0.4, 0.5) is 9.18 Å². The molecule has 7 atom stereocenters. The van der Waals surface area contributed by atoms with Crippen molar-refractivity contribution in [2.75, 3.05) is 6.61 Å². The van der Waals surface area contributed by atoms with Gasteiger partial charge in [-0.15, -0.1) is 0 Å². The maximum atomic E-state index is 16.8. The van der Waals surface area contributed by atoms with Gasteiger partial charge in [0.2, 0.25) is 0 Å². The number of carboxylic acids is 1. The number of carbonyl (C=O) groups is 3. The minimum absolute atomic E-state index is 0.0191. The van der Waals surface area contributed by atoms with Gasteiger partial charge in [0.15, 0.2) is 11.4 Å². The zero-order valence-corrected chi connectivity index (χ0v) is 18.7. The number of ether oxygens (including phenoxy) is 2. The Labute approximate surface area is 186 Å². The van der Waals surface area contributed by atoms with Crippen LogP contribution in [0.1, 0.15) is 59.3 Å². The van der Waals surface area contributed by atoms with Crippen molar-refractivity contribution in [2.45, 2.75) is 76.7 Å². The van der Waals surface area contributed by atoms with E-state index in [0.29, 0.717) is 32.1 Å². The molecular formula is C24H31FO7. The fourth-order valence-electron chi connectivity index (χ4n) is 6.65. The van der Waals surface area contributed by atoms with E-state index in [1.165, 1.54) is 6.08 Å². The van der Waals surface area contributed by atoms with E-state index in [2.05, 4.69) is 0 Å². The molecule has 0 amide bonds. The van der Waals surface area contributed by atoms with Crippen LogP contribution in [-0.4, -0.2) is 52.1 Å². The summed E-state index contributed by atoms with van der Waals surface area (Å²) in [7, 11) is 0. The predicted molar refractivity (Wildman–Crippen MR) is 111 cm³/mol. The Morgan fingerprint density at radius 2 is 1.94 bits per heavy atom. The first-order chi connectivity index (χ1) is 14.8. The molecule has 0 spiro atoms. The zero-order valence-electron chi connectivity index (χ0n) is 18.7. The first kappa shape index (κ1) is 23.0. The van der Waals surface area contributed by atoms with Crippen LogP contribution in [0.25, 0.3) is 0 Å². The third-order valence-electron chi connectivity index (χ3n) is 8.75. The summed E-state index contributed by atoms with van der Waals surface area (Å²) in [4.78, 5) is 35.1. The van der Waals surface area contributed by atoms with Gasteiger partial charge in [0, 0.05) is 10.8 Å². The van der Waals surface area contributed by atoms with Crippen LogP contribution < -0.4 is 0 Å². The maximum absolute atomic E-state index is 16.8. The van der Waals surface area contributed by atoms with Gasteiger partial charge in [-0.2, -0.15) is 0 Å². The van der Waals surface area contributed by atoms with Gasteiger partial charge in [-0.1, -0.05) is 18.6 Å². The van der Waals surface area contributed by atoms with Crippen LogP contribution >= 0.6 is 0 Å². The Hall–Kier alpha value is -2.22. The van der Waals surface area contributed by atoms with E-state index in [1.807, 2.05) is 13.8 Å². The number of hydrogen-bond acceptors (Lipinski definition) is 6. The minimum atomic E-state index is -2.20. The number of aliphatic carboxylic acids is 1. The van der Waals surface area contributed by atoms with Crippen LogP contribution in [0.5, 0.6) is 0 Å². The van der Waals surface area contributed by atoms with E-state index in [1.54, 1.807) is 12.2 Å². The summed E-state index contributed by atoms with van der Waals surface area (Å²) in [5, 5.41) is 18.7. The Bertz CT molecular complexity index is 908. The average molecular weight is 451 g/mol. The largest absolute Gasteiger partial charge is 0.508 e. The molecule has 0 radical (unpaired) electrons. The topological polar surface area (TPSA) is 110 Å². The van der Waals surface area contributed by atoms with E-state index in [-0.39, 0.29) is 17.6 Å². The van der Waals surface area contributed by atoms with Gasteiger partial charge in [0.25, 0.3) is 0 Å². The van der Waals surface area contributed by atoms with Gasteiger partial charge in [0.1, 0.15) is 18.4 Å². The van der Waals surface area contributed by atoms with E-state index < -0.39 is 46.9 Å². The zero-order chi connectivity index (χ0) is 23.5. The fourth-order valence-corrected chi connectivity index (χ4v) is 6.65. The number of rotatable bonds is 4. The summed E-state index contributed by atoms with van der Waals surface area (Å²) in [6.45, 7) is 4.24. The van der Waals surface area contributed by atoms with Crippen molar-refractivity contribution < 1.29 is 38.5 Å². The number of allylic oxidation sites excluding steroid dienone is 4. The van der Waals surface area contributed by atoms with Crippen molar-refractivity contribution in [3.05, 3.63) is 23.8 Å². The van der Waals surface area contributed by atoms with E-state index in [0.717, 1.165) is 18.9 Å². The smallest absolute Gasteiger partial charge is 0.479 e. The molecule has 4 rings (SSSR count). The number of halogens is 1. The molecule has 4 aliphatic carbocycles. The molecule has 32 heavy (non-hydrogen) atoms. The van der Waals surface area contributed by atoms with Crippen LogP contribution in [0.3, 0.4) is 0 Å². The summed E-state index contributed by atoms with van der Waals surface area (Å²) in [6.07, 6.45) is 6.77. The molecule has 0 aromatic rings. The lowest BCUT2D eigenvalue weighted by Crippen LogP contribution is -2.60. The second-order valence-corrected chi connectivity index (χ2v) is 10.5. The van der Waals surface area contributed by atoms with Crippen molar-refractivity contribution in [3.63, 3.8) is 0 Å². The van der Waals surface area contributed by atoms with Gasteiger partial charge in [0.05, 0.1) is 0 Å². The fraction of sp³-hybridized carbons (Fsp3) is 0.708. The lowest BCUT2D eigenvalue weighted by atomic mass is 9.47. The second-order valence-electron chi connectivity index (χ2n) is 10.5. The SMILES string of the molecule is CC(O)(COC(=O)O[C@@H]1CC[C@H]2[C@@H]3CCC4=CC(=O)C=C[C@]4(C)[C@@]3(F)CC[C@]12C)C(=O)O. The molecule has 0 saturated heterocycles. The highest BCUT2D eigenvalue weighted by Gasteiger charge is 2.67. The van der Waals surface area contributed by atoms with E-state index in [9.17, 15) is 19.5 Å². The number of alkyl halides is 1. The third kappa shape index (κ3) is 3.29. The van der Waals surface area contributed by atoms with Gasteiger partial charge in [-0.3, -0.25) is 4.79 Å². The number of carboxylic acid groups (broad SMARTS) is 1. The molecule has 7 nitrogen and oxygen atoms in total. The normalized spacial score (nSPS) is 42.1. The highest BCUT2D eigenvalue weighted by Crippen LogP contribution is 2.68. The summed E-state index contributed by atoms with van der Waals surface area (Å²) in [5.74, 6) is -1.78. The van der Waals surface area contributed by atoms with Crippen LogP contribution in [0.2, 0.25) is 0 Å². The Balaban J connectivity index is 1.49. The van der Waals surface area contributed by atoms with Gasteiger partial charge < -0.3 is 19.7 Å². The second kappa shape index (κ2) is 7.40. The highest BCUT2D eigenvalue weighted by atomic mass is 19.1. The molecule has 176 valence electrons. The van der Waals surface area contributed by atoms with Crippen molar-refractivity contribution >= 4 is 17.9 Å². The maximum Gasteiger partial charge on any atom is 0.508 e. The lowest BCUT2D eigenvalue weighted by molar-refractivity contribution is -0.162. The summed E-state index contributed by atoms with van der Waals surface area (Å²) in [6, 6.07) is 0. The van der Waals surface area contributed by atoms with Crippen molar-refractivity contribution in [1.29, 1.82) is 0 Å². The summed E-state index contributed by atoms with van der Waals surface area (Å²) >= 11 is 0. The Kier molecular flexibility index (Phi) is 5.31. The standard InChI is InChI=1S/C24H31FO7/c1-21-10-11-24(25)17(5-4-14-12-15(26)8-9-22(14,24)2)16(21)6-7-18(21)32-20(29)31-13-23(3,30)19(27)28/h8-9,12,16-18,30H,4-7,10-11,13H2,1-3H3,(H,27,28)/t16-,17-,18+,21-,22-,23?,24+/m0/s1. The summed E-state index contributed by atoms with van der Waals surface area (Å²) < 4.78 is 27.2. The number of ketones is 1. The first-order valence-corrected chi connectivity index (χ1v) is 11.3. The monoisotopic (exact) mass is 450 g/mol. The molecule has 3 fully saturated rings. The van der Waals surface area contributed by atoms with Crippen molar-refractivity contribution in [2.24, 2.45) is 22.7 Å². The van der Waals surface area contributed by atoms with E-state index in [4.69, 9.17) is 14.6 Å². The quantitative estimate of drug-likeness (QED) is 0.628. The number of hydrogen-bond donors (Lipinski definition) is 2. The number of fused-ring (bicyclic) bond motifs is 5. The van der Waals surface area contributed by atoms with Crippen LogP contribution in [0.15, 0.2) is 23.8 Å². The molecular weight excluding hydrogens is 419 g/mol. The molecule has 4 aliphatic rings. The third-order valence-corrected chi connectivity index (χ3v) is 8.75. The van der Waals surface area contributed by atoms with Gasteiger partial charge in [-0.05, 0) is 76.4 Å². The van der Waals surface area contributed by atoms with Crippen molar-refractivity contribution in [3.8, 4) is 0 Å². The van der Waals surface area contributed by atoms with E-state index >= 15 is 4.39 Å². The first-order valence-electron chi connectivity index (χ1n) is 11.3. The number of carbonyl (C=O) groups excluding carboxylic acids is 2.